The molecule has 1 heterocycles. The second-order valence-electron chi connectivity index (χ2n) is 3.90. The molecule has 1 rings (SSSR count). The highest BCUT2D eigenvalue weighted by atomic mass is 32.1. The van der Waals surface area contributed by atoms with Crippen molar-refractivity contribution < 1.29 is 0 Å². The summed E-state index contributed by atoms with van der Waals surface area (Å²) in [5.41, 5.74) is 1.23. The normalized spacial score (nSPS) is 13.0. The molecule has 0 radical (unpaired) electrons. The number of rotatable bonds is 7. The van der Waals surface area contributed by atoms with Gasteiger partial charge in [-0.15, -0.1) is 11.3 Å². The lowest BCUT2D eigenvalue weighted by Crippen LogP contribution is -2.21. The maximum Gasteiger partial charge on any atom is 0.0898 e. The van der Waals surface area contributed by atoms with E-state index in [-0.39, 0.29) is 0 Å². The second kappa shape index (κ2) is 6.96. The van der Waals surface area contributed by atoms with Crippen LogP contribution in [0.4, 0.5) is 0 Å². The van der Waals surface area contributed by atoms with Crippen LogP contribution in [0.1, 0.15) is 56.3 Å². The molecule has 0 saturated heterocycles. The van der Waals surface area contributed by atoms with Crippen molar-refractivity contribution in [2.24, 2.45) is 0 Å². The third kappa shape index (κ3) is 4.31. The largest absolute Gasteiger partial charge is 0.309 e. The van der Waals surface area contributed by atoms with Crippen LogP contribution in [0, 0.1) is 6.92 Å². The maximum atomic E-state index is 4.56. The van der Waals surface area contributed by atoms with Gasteiger partial charge in [-0.1, -0.05) is 33.1 Å². The van der Waals surface area contributed by atoms with Crippen molar-refractivity contribution in [2.45, 2.75) is 52.5 Å². The minimum Gasteiger partial charge on any atom is -0.309 e. The number of thiazole rings is 1. The molecule has 1 aromatic rings. The van der Waals surface area contributed by atoms with Gasteiger partial charge >= 0.3 is 0 Å². The first-order valence-corrected chi connectivity index (χ1v) is 6.81. The van der Waals surface area contributed by atoms with Gasteiger partial charge in [0.2, 0.25) is 0 Å². The summed E-state index contributed by atoms with van der Waals surface area (Å²) in [7, 11) is 0. The highest BCUT2D eigenvalue weighted by Gasteiger charge is 2.12. The Kier molecular flexibility index (Phi) is 5.88. The number of aryl methyl sites for hydroxylation is 1. The van der Waals surface area contributed by atoms with Crippen LogP contribution < -0.4 is 5.32 Å². The van der Waals surface area contributed by atoms with Gasteiger partial charge in [0, 0.05) is 5.38 Å². The summed E-state index contributed by atoms with van der Waals surface area (Å²) < 4.78 is 0. The van der Waals surface area contributed by atoms with E-state index < -0.39 is 0 Å². The first kappa shape index (κ1) is 12.7. The molecular weight excluding hydrogens is 204 g/mol. The van der Waals surface area contributed by atoms with E-state index in [4.69, 9.17) is 0 Å². The van der Waals surface area contributed by atoms with Gasteiger partial charge < -0.3 is 5.32 Å². The lowest BCUT2D eigenvalue weighted by Gasteiger charge is -2.15. The Balaban J connectivity index is 2.49. The Morgan fingerprint density at radius 1 is 1.40 bits per heavy atom. The van der Waals surface area contributed by atoms with Crippen LogP contribution in [-0.4, -0.2) is 11.5 Å². The molecular formula is C12H22N2S. The average molecular weight is 226 g/mol. The third-order valence-corrected chi connectivity index (χ3v) is 3.33. The van der Waals surface area contributed by atoms with E-state index in [0.717, 1.165) is 6.54 Å². The molecule has 0 aliphatic heterocycles. The molecule has 0 aromatic carbocycles. The molecule has 2 nitrogen and oxygen atoms in total. The van der Waals surface area contributed by atoms with Gasteiger partial charge in [-0.05, 0) is 19.9 Å². The number of aromatic nitrogens is 1. The minimum atomic E-state index is 0.464. The number of nitrogens with zero attached hydrogens (tertiary/aromatic N) is 1. The molecule has 0 saturated carbocycles. The van der Waals surface area contributed by atoms with E-state index in [0.29, 0.717) is 6.04 Å². The Bertz CT molecular complexity index is 270. The highest BCUT2D eigenvalue weighted by molar-refractivity contribution is 7.09. The summed E-state index contributed by atoms with van der Waals surface area (Å²) in [4.78, 5) is 4.56. The standard InChI is InChI=1S/C12H22N2S/c1-4-6-7-8-11(13-5-2)12-9-15-10(3)14-12/h9,11,13H,4-8H2,1-3H3. The smallest absolute Gasteiger partial charge is 0.0898 e. The Hall–Kier alpha value is -0.410. The first-order valence-electron chi connectivity index (χ1n) is 5.93. The fourth-order valence-corrected chi connectivity index (χ4v) is 2.41. The fraction of sp³-hybridized carbons (Fsp3) is 0.750. The average Bonchev–Trinajstić information content (AvgIpc) is 2.64. The molecule has 0 aliphatic rings. The molecule has 0 bridgehead atoms. The van der Waals surface area contributed by atoms with Crippen molar-refractivity contribution in [1.82, 2.24) is 10.3 Å². The Morgan fingerprint density at radius 2 is 2.20 bits per heavy atom. The molecule has 0 fully saturated rings. The van der Waals surface area contributed by atoms with Crippen molar-refractivity contribution in [3.63, 3.8) is 0 Å². The monoisotopic (exact) mass is 226 g/mol. The van der Waals surface area contributed by atoms with Crippen molar-refractivity contribution in [3.8, 4) is 0 Å². The molecule has 3 heteroatoms. The zero-order chi connectivity index (χ0) is 11.1. The van der Waals surface area contributed by atoms with E-state index >= 15 is 0 Å². The summed E-state index contributed by atoms with van der Waals surface area (Å²) in [6.07, 6.45) is 5.12. The summed E-state index contributed by atoms with van der Waals surface area (Å²) in [6.45, 7) is 7.50. The van der Waals surface area contributed by atoms with Gasteiger partial charge in [0.15, 0.2) is 0 Å². The number of hydrogen-bond donors (Lipinski definition) is 1. The Morgan fingerprint density at radius 3 is 2.73 bits per heavy atom. The molecule has 1 unspecified atom stereocenters. The SMILES string of the molecule is CCCCCC(NCC)c1csc(C)n1. The zero-order valence-electron chi connectivity index (χ0n) is 10.0. The van der Waals surface area contributed by atoms with Crippen molar-refractivity contribution in [3.05, 3.63) is 16.1 Å². The number of unbranched alkanes of at least 4 members (excludes halogenated alkanes) is 2. The van der Waals surface area contributed by atoms with Crippen LogP contribution in [-0.2, 0) is 0 Å². The second-order valence-corrected chi connectivity index (χ2v) is 4.96. The van der Waals surface area contributed by atoms with Gasteiger partial charge in [-0.25, -0.2) is 4.98 Å². The van der Waals surface area contributed by atoms with E-state index in [2.05, 4.69) is 36.5 Å². The summed E-state index contributed by atoms with van der Waals surface area (Å²) in [5, 5.41) is 6.87. The lowest BCUT2D eigenvalue weighted by atomic mass is 10.1. The highest BCUT2D eigenvalue weighted by Crippen LogP contribution is 2.21. The molecule has 1 atom stereocenters. The molecule has 15 heavy (non-hydrogen) atoms. The van der Waals surface area contributed by atoms with Crippen molar-refractivity contribution >= 4 is 11.3 Å². The zero-order valence-corrected chi connectivity index (χ0v) is 10.9. The maximum absolute atomic E-state index is 4.56. The number of hydrogen-bond acceptors (Lipinski definition) is 3. The van der Waals surface area contributed by atoms with Crippen LogP contribution >= 0.6 is 11.3 Å². The molecule has 0 amide bonds. The quantitative estimate of drug-likeness (QED) is 0.717. The van der Waals surface area contributed by atoms with Gasteiger partial charge in [-0.2, -0.15) is 0 Å². The summed E-state index contributed by atoms with van der Waals surface area (Å²) in [6, 6.07) is 0.464. The predicted octanol–water partition coefficient (Wildman–Crippen LogP) is 3.68. The topological polar surface area (TPSA) is 24.9 Å². The molecule has 0 aliphatic carbocycles. The first-order chi connectivity index (χ1) is 7.27. The summed E-state index contributed by atoms with van der Waals surface area (Å²) >= 11 is 1.75. The summed E-state index contributed by atoms with van der Waals surface area (Å²) in [5.74, 6) is 0. The molecule has 1 aromatic heterocycles. The lowest BCUT2D eigenvalue weighted by molar-refractivity contribution is 0.478. The van der Waals surface area contributed by atoms with Crippen LogP contribution in [0.15, 0.2) is 5.38 Å². The van der Waals surface area contributed by atoms with Crippen molar-refractivity contribution in [1.29, 1.82) is 0 Å². The van der Waals surface area contributed by atoms with Crippen LogP contribution in [0.2, 0.25) is 0 Å². The van der Waals surface area contributed by atoms with Crippen molar-refractivity contribution in [2.75, 3.05) is 6.54 Å². The van der Waals surface area contributed by atoms with Gasteiger partial charge in [0.05, 0.1) is 16.7 Å². The van der Waals surface area contributed by atoms with Crippen LogP contribution in [0.25, 0.3) is 0 Å². The van der Waals surface area contributed by atoms with E-state index in [1.165, 1.54) is 36.4 Å². The number of nitrogens with one attached hydrogen (secondary N) is 1. The fourth-order valence-electron chi connectivity index (χ4n) is 1.74. The Labute approximate surface area is 97.1 Å². The minimum absolute atomic E-state index is 0.464. The molecule has 0 spiro atoms. The predicted molar refractivity (Wildman–Crippen MR) is 67.4 cm³/mol. The van der Waals surface area contributed by atoms with Gasteiger partial charge in [0.1, 0.15) is 0 Å². The third-order valence-electron chi connectivity index (χ3n) is 2.54. The van der Waals surface area contributed by atoms with Crippen LogP contribution in [0.3, 0.4) is 0 Å². The van der Waals surface area contributed by atoms with E-state index in [1.807, 2.05) is 0 Å². The molecule has 1 N–H and O–H groups in total. The van der Waals surface area contributed by atoms with Gasteiger partial charge in [-0.3, -0.25) is 0 Å². The van der Waals surface area contributed by atoms with E-state index in [1.54, 1.807) is 11.3 Å². The van der Waals surface area contributed by atoms with Gasteiger partial charge in [0.25, 0.3) is 0 Å². The molecule has 86 valence electrons. The van der Waals surface area contributed by atoms with E-state index in [9.17, 15) is 0 Å². The van der Waals surface area contributed by atoms with Crippen LogP contribution in [0.5, 0.6) is 0 Å².